The van der Waals surface area contributed by atoms with Crippen molar-refractivity contribution in [3.05, 3.63) is 36.2 Å². The van der Waals surface area contributed by atoms with Crippen LogP contribution in [0.3, 0.4) is 0 Å². The van der Waals surface area contributed by atoms with Crippen molar-refractivity contribution < 1.29 is 4.74 Å². The van der Waals surface area contributed by atoms with Crippen LogP contribution in [0.25, 0.3) is 10.9 Å². The molecule has 2 aromatic heterocycles. The van der Waals surface area contributed by atoms with Crippen LogP contribution in [0.4, 0.5) is 11.8 Å². The molecule has 1 aromatic carbocycles. The molecule has 0 atom stereocenters. The molecule has 24 heavy (non-hydrogen) atoms. The van der Waals surface area contributed by atoms with E-state index in [1.807, 2.05) is 36.0 Å². The number of fused-ring (bicyclic) bond motifs is 1. The zero-order valence-electron chi connectivity index (χ0n) is 14.0. The van der Waals surface area contributed by atoms with Crippen LogP contribution in [0.1, 0.15) is 25.5 Å². The highest BCUT2D eigenvalue weighted by Crippen LogP contribution is 2.24. The summed E-state index contributed by atoms with van der Waals surface area (Å²) in [6, 6.07) is 8.08. The second kappa shape index (κ2) is 7.16. The fourth-order valence-electron chi connectivity index (χ4n) is 2.54. The van der Waals surface area contributed by atoms with Crippen molar-refractivity contribution in [1.82, 2.24) is 19.7 Å². The number of hydrogen-bond donors (Lipinski definition) is 2. The Bertz CT molecular complexity index is 829. The molecule has 0 radical (unpaired) electrons. The maximum Gasteiger partial charge on any atom is 0.222 e. The van der Waals surface area contributed by atoms with Gasteiger partial charge in [0.25, 0.3) is 0 Å². The van der Waals surface area contributed by atoms with Crippen LogP contribution in [0.15, 0.2) is 30.5 Å². The predicted molar refractivity (Wildman–Crippen MR) is 94.9 cm³/mol. The molecule has 0 bridgehead atoms. The number of anilines is 2. The van der Waals surface area contributed by atoms with Gasteiger partial charge in [-0.25, -0.2) is 4.98 Å². The highest BCUT2D eigenvalue weighted by Gasteiger charge is 2.11. The average Bonchev–Trinajstić information content (AvgIpc) is 2.91. The van der Waals surface area contributed by atoms with Crippen LogP contribution in [0, 0.1) is 0 Å². The van der Waals surface area contributed by atoms with Crippen LogP contribution in [-0.4, -0.2) is 26.3 Å². The van der Waals surface area contributed by atoms with E-state index in [-0.39, 0.29) is 5.95 Å². The Morgan fingerprint density at radius 2 is 2.12 bits per heavy atom. The van der Waals surface area contributed by atoms with E-state index in [4.69, 9.17) is 10.5 Å². The van der Waals surface area contributed by atoms with E-state index in [0.29, 0.717) is 18.2 Å². The van der Waals surface area contributed by atoms with Crippen molar-refractivity contribution in [2.24, 2.45) is 7.05 Å². The number of aryl methyl sites for hydroxylation is 1. The lowest BCUT2D eigenvalue weighted by Crippen LogP contribution is -2.09. The van der Waals surface area contributed by atoms with E-state index >= 15 is 0 Å². The van der Waals surface area contributed by atoms with E-state index in [2.05, 4.69) is 27.3 Å². The van der Waals surface area contributed by atoms with Crippen LogP contribution < -0.4 is 15.8 Å². The van der Waals surface area contributed by atoms with Gasteiger partial charge in [0.2, 0.25) is 5.95 Å². The number of nitrogens with two attached hydrogens (primary N) is 1. The molecule has 126 valence electrons. The molecular formula is C17H22N6O. The second-order valence-electron chi connectivity index (χ2n) is 5.60. The molecule has 0 spiro atoms. The topological polar surface area (TPSA) is 90.9 Å². The first kappa shape index (κ1) is 16.0. The van der Waals surface area contributed by atoms with Gasteiger partial charge < -0.3 is 15.8 Å². The minimum atomic E-state index is 0.227. The van der Waals surface area contributed by atoms with Gasteiger partial charge in [-0.05, 0) is 12.5 Å². The van der Waals surface area contributed by atoms with Gasteiger partial charge in [0.05, 0.1) is 11.7 Å². The highest BCUT2D eigenvalue weighted by molar-refractivity contribution is 5.81. The molecule has 0 fully saturated rings. The summed E-state index contributed by atoms with van der Waals surface area (Å²) in [7, 11) is 1.93. The van der Waals surface area contributed by atoms with Crippen LogP contribution in [-0.2, 0) is 13.7 Å². The van der Waals surface area contributed by atoms with E-state index in [0.717, 1.165) is 36.0 Å². The average molecular weight is 326 g/mol. The zero-order valence-corrected chi connectivity index (χ0v) is 14.0. The summed E-state index contributed by atoms with van der Waals surface area (Å²) in [5.41, 5.74) is 7.64. The molecule has 0 saturated carbocycles. The van der Waals surface area contributed by atoms with Crippen molar-refractivity contribution >= 4 is 22.7 Å². The SMILES string of the molecule is CCCCNc1nc(N)ncc1OCc1nn(C)c2ccccc12. The third-order valence-electron chi connectivity index (χ3n) is 3.80. The Hall–Kier alpha value is -2.83. The first-order chi connectivity index (χ1) is 11.7. The standard InChI is InChI=1S/C17H22N6O/c1-3-4-9-19-16-15(10-20-17(18)21-16)24-11-13-12-7-5-6-8-14(12)23(2)22-13/h5-8,10H,3-4,9,11H2,1-2H3,(H3,18,19,20,21). The Labute approximate surface area is 140 Å². The summed E-state index contributed by atoms with van der Waals surface area (Å²) in [6.45, 7) is 3.30. The molecule has 0 saturated heterocycles. The molecule has 3 N–H and O–H groups in total. The largest absolute Gasteiger partial charge is 0.482 e. The van der Waals surface area contributed by atoms with Gasteiger partial charge in [-0.1, -0.05) is 31.5 Å². The van der Waals surface area contributed by atoms with Crippen molar-refractivity contribution in [1.29, 1.82) is 0 Å². The number of rotatable bonds is 7. The van der Waals surface area contributed by atoms with Gasteiger partial charge in [-0.3, -0.25) is 4.68 Å². The number of nitrogens with zero attached hydrogens (tertiary/aromatic N) is 4. The van der Waals surface area contributed by atoms with Crippen LogP contribution in [0.5, 0.6) is 5.75 Å². The number of nitrogen functional groups attached to an aromatic ring is 1. The Kier molecular flexibility index (Phi) is 4.79. The van der Waals surface area contributed by atoms with Gasteiger partial charge in [-0.15, -0.1) is 0 Å². The maximum absolute atomic E-state index is 5.91. The zero-order chi connectivity index (χ0) is 16.9. The number of benzene rings is 1. The molecule has 0 unspecified atom stereocenters. The summed E-state index contributed by atoms with van der Waals surface area (Å²) in [5.74, 6) is 1.43. The van der Waals surface area contributed by atoms with E-state index < -0.39 is 0 Å². The Morgan fingerprint density at radius 3 is 2.96 bits per heavy atom. The minimum Gasteiger partial charge on any atom is -0.482 e. The number of unbranched alkanes of at least 4 members (excludes halogenated alkanes) is 1. The number of aromatic nitrogens is 4. The first-order valence-electron chi connectivity index (χ1n) is 8.09. The van der Waals surface area contributed by atoms with E-state index in [1.54, 1.807) is 6.20 Å². The summed E-state index contributed by atoms with van der Waals surface area (Å²) >= 11 is 0. The van der Waals surface area contributed by atoms with Crippen molar-refractivity contribution in [3.8, 4) is 5.75 Å². The normalized spacial score (nSPS) is 10.9. The predicted octanol–water partition coefficient (Wildman–Crippen LogP) is 2.74. The summed E-state index contributed by atoms with van der Waals surface area (Å²) < 4.78 is 7.77. The number of hydrogen-bond acceptors (Lipinski definition) is 6. The number of ether oxygens (including phenoxy) is 1. The smallest absolute Gasteiger partial charge is 0.222 e. The molecule has 7 nitrogen and oxygen atoms in total. The Morgan fingerprint density at radius 1 is 1.29 bits per heavy atom. The molecule has 2 heterocycles. The number of para-hydroxylation sites is 1. The fourth-order valence-corrected chi connectivity index (χ4v) is 2.54. The molecule has 3 aromatic rings. The van der Waals surface area contributed by atoms with Gasteiger partial charge in [0, 0.05) is 19.0 Å². The van der Waals surface area contributed by atoms with Crippen molar-refractivity contribution in [2.75, 3.05) is 17.6 Å². The van der Waals surface area contributed by atoms with Gasteiger partial charge in [-0.2, -0.15) is 10.1 Å². The Balaban J connectivity index is 1.78. The molecule has 3 rings (SSSR count). The van der Waals surface area contributed by atoms with Gasteiger partial charge in [0.15, 0.2) is 11.6 Å². The lowest BCUT2D eigenvalue weighted by molar-refractivity contribution is 0.300. The lowest BCUT2D eigenvalue weighted by atomic mass is 10.2. The van der Waals surface area contributed by atoms with Gasteiger partial charge in [0.1, 0.15) is 12.3 Å². The quantitative estimate of drug-likeness (QED) is 0.649. The molecule has 0 amide bonds. The van der Waals surface area contributed by atoms with E-state index in [1.165, 1.54) is 0 Å². The van der Waals surface area contributed by atoms with Crippen LogP contribution in [0.2, 0.25) is 0 Å². The van der Waals surface area contributed by atoms with Crippen molar-refractivity contribution in [2.45, 2.75) is 26.4 Å². The summed E-state index contributed by atoms with van der Waals surface area (Å²) in [6.07, 6.45) is 3.75. The molecule has 7 heteroatoms. The third kappa shape index (κ3) is 3.40. The molecule has 0 aliphatic rings. The summed E-state index contributed by atoms with van der Waals surface area (Å²) in [5, 5.41) is 8.87. The van der Waals surface area contributed by atoms with E-state index in [9.17, 15) is 0 Å². The third-order valence-corrected chi connectivity index (χ3v) is 3.80. The minimum absolute atomic E-state index is 0.227. The van der Waals surface area contributed by atoms with Crippen molar-refractivity contribution in [3.63, 3.8) is 0 Å². The molecule has 0 aliphatic carbocycles. The molecular weight excluding hydrogens is 304 g/mol. The second-order valence-corrected chi connectivity index (χ2v) is 5.60. The first-order valence-corrected chi connectivity index (χ1v) is 8.09. The highest BCUT2D eigenvalue weighted by atomic mass is 16.5. The lowest BCUT2D eigenvalue weighted by Gasteiger charge is -2.11. The van der Waals surface area contributed by atoms with Gasteiger partial charge >= 0.3 is 0 Å². The molecule has 0 aliphatic heterocycles. The number of nitrogens with one attached hydrogen (secondary N) is 1. The maximum atomic E-state index is 5.91. The fraction of sp³-hybridized carbons (Fsp3) is 0.353. The monoisotopic (exact) mass is 326 g/mol. The summed E-state index contributed by atoms with van der Waals surface area (Å²) in [4.78, 5) is 8.25. The van der Waals surface area contributed by atoms with Crippen LogP contribution >= 0.6 is 0 Å².